The van der Waals surface area contributed by atoms with Gasteiger partial charge in [-0.25, -0.2) is 0 Å². The van der Waals surface area contributed by atoms with E-state index in [4.69, 9.17) is 0 Å². The van der Waals surface area contributed by atoms with Gasteiger partial charge in [0.25, 0.3) is 0 Å². The van der Waals surface area contributed by atoms with Crippen molar-refractivity contribution >= 4 is 29.1 Å². The molecule has 1 aliphatic rings. The molecule has 2 aromatic carbocycles. The fourth-order valence-corrected chi connectivity index (χ4v) is 2.99. The monoisotopic (exact) mass is 365 g/mol. The predicted octanol–water partition coefficient (Wildman–Crippen LogP) is 2.84. The number of carbonyl (C=O) groups is 3. The third-order valence-corrected chi connectivity index (χ3v) is 4.49. The average Bonchev–Trinajstić information content (AvgIpc) is 3.42. The summed E-state index contributed by atoms with van der Waals surface area (Å²) in [5, 5.41) is 8.39. The summed E-state index contributed by atoms with van der Waals surface area (Å²) >= 11 is 0. The van der Waals surface area contributed by atoms with Crippen LogP contribution in [0.15, 0.2) is 48.5 Å². The molecule has 0 spiro atoms. The predicted molar refractivity (Wildman–Crippen MR) is 104 cm³/mol. The fourth-order valence-electron chi connectivity index (χ4n) is 2.99. The minimum absolute atomic E-state index is 0.0855. The maximum absolute atomic E-state index is 12.3. The number of hydrogen-bond acceptors (Lipinski definition) is 3. The lowest BCUT2D eigenvalue weighted by Gasteiger charge is -2.08. The Morgan fingerprint density at radius 2 is 1.56 bits per heavy atom. The van der Waals surface area contributed by atoms with Gasteiger partial charge in [0.05, 0.1) is 11.8 Å². The smallest absolute Gasteiger partial charge is 0.228 e. The van der Waals surface area contributed by atoms with Gasteiger partial charge in [-0.15, -0.1) is 0 Å². The van der Waals surface area contributed by atoms with E-state index in [1.807, 2.05) is 31.2 Å². The van der Waals surface area contributed by atoms with Gasteiger partial charge in [0.1, 0.15) is 0 Å². The summed E-state index contributed by atoms with van der Waals surface area (Å²) < 4.78 is 0. The molecule has 1 fully saturated rings. The Morgan fingerprint density at radius 3 is 2.19 bits per heavy atom. The van der Waals surface area contributed by atoms with Crippen molar-refractivity contribution in [1.29, 1.82) is 0 Å². The van der Waals surface area contributed by atoms with Crippen LogP contribution in [0.25, 0.3) is 0 Å². The van der Waals surface area contributed by atoms with Crippen molar-refractivity contribution in [1.82, 2.24) is 5.32 Å². The highest BCUT2D eigenvalue weighted by atomic mass is 16.2. The molecule has 2 unspecified atom stereocenters. The summed E-state index contributed by atoms with van der Waals surface area (Å²) in [4.78, 5) is 35.6. The Morgan fingerprint density at radius 1 is 0.926 bits per heavy atom. The molecule has 2 aromatic rings. The molecule has 0 heterocycles. The molecular weight excluding hydrogens is 342 g/mol. The van der Waals surface area contributed by atoms with Crippen LogP contribution >= 0.6 is 0 Å². The van der Waals surface area contributed by atoms with Gasteiger partial charge in [-0.05, 0) is 43.2 Å². The number of benzene rings is 2. The molecule has 1 saturated carbocycles. The van der Waals surface area contributed by atoms with E-state index in [0.717, 1.165) is 11.1 Å². The summed E-state index contributed by atoms with van der Waals surface area (Å²) in [5.41, 5.74) is 3.50. The summed E-state index contributed by atoms with van der Waals surface area (Å²) in [6, 6.07) is 14.8. The summed E-state index contributed by atoms with van der Waals surface area (Å²) in [5.74, 6) is -0.953. The van der Waals surface area contributed by atoms with Crippen molar-refractivity contribution in [3.05, 3.63) is 59.7 Å². The third-order valence-electron chi connectivity index (χ3n) is 4.49. The molecule has 6 nitrogen and oxygen atoms in total. The Kier molecular flexibility index (Phi) is 5.54. The van der Waals surface area contributed by atoms with Crippen LogP contribution in [-0.2, 0) is 20.9 Å². The van der Waals surface area contributed by atoms with E-state index < -0.39 is 0 Å². The first-order valence-corrected chi connectivity index (χ1v) is 8.94. The molecule has 1 aliphatic carbocycles. The van der Waals surface area contributed by atoms with E-state index in [1.165, 1.54) is 6.92 Å². The molecule has 6 heteroatoms. The number of nitrogens with one attached hydrogen (secondary N) is 3. The van der Waals surface area contributed by atoms with Crippen molar-refractivity contribution in [2.45, 2.75) is 26.8 Å². The van der Waals surface area contributed by atoms with E-state index in [0.29, 0.717) is 24.3 Å². The summed E-state index contributed by atoms with van der Waals surface area (Å²) in [6.45, 7) is 3.91. The molecule has 3 N–H and O–H groups in total. The van der Waals surface area contributed by atoms with Crippen LogP contribution in [0, 0.1) is 18.8 Å². The topological polar surface area (TPSA) is 87.3 Å². The first kappa shape index (κ1) is 18.6. The van der Waals surface area contributed by atoms with Gasteiger partial charge in [-0.3, -0.25) is 14.4 Å². The van der Waals surface area contributed by atoms with Crippen molar-refractivity contribution in [3.63, 3.8) is 0 Å². The van der Waals surface area contributed by atoms with Gasteiger partial charge < -0.3 is 16.0 Å². The maximum Gasteiger partial charge on any atom is 0.228 e. The van der Waals surface area contributed by atoms with Gasteiger partial charge in [0, 0.05) is 24.8 Å². The van der Waals surface area contributed by atoms with Crippen LogP contribution in [0.3, 0.4) is 0 Å². The van der Waals surface area contributed by atoms with Crippen LogP contribution in [0.5, 0.6) is 0 Å². The second kappa shape index (κ2) is 8.03. The molecule has 0 aliphatic heterocycles. The second-order valence-corrected chi connectivity index (χ2v) is 6.90. The molecule has 0 radical (unpaired) electrons. The molecule has 2 atom stereocenters. The molecule has 0 bridgehead atoms. The number of carbonyl (C=O) groups excluding carboxylic acids is 3. The van der Waals surface area contributed by atoms with Crippen LogP contribution in [0.2, 0.25) is 0 Å². The zero-order chi connectivity index (χ0) is 19.4. The van der Waals surface area contributed by atoms with Crippen molar-refractivity contribution in [3.8, 4) is 0 Å². The van der Waals surface area contributed by atoms with E-state index in [1.54, 1.807) is 24.3 Å². The second-order valence-electron chi connectivity index (χ2n) is 6.90. The van der Waals surface area contributed by atoms with E-state index in [9.17, 15) is 14.4 Å². The van der Waals surface area contributed by atoms with Crippen LogP contribution in [0.1, 0.15) is 24.5 Å². The molecular formula is C21H23N3O3. The minimum Gasteiger partial charge on any atom is -0.352 e. The Bertz CT molecular complexity index is 861. The zero-order valence-electron chi connectivity index (χ0n) is 15.4. The Labute approximate surface area is 158 Å². The molecule has 140 valence electrons. The normalized spacial score (nSPS) is 17.7. The Balaban J connectivity index is 1.46. The molecule has 27 heavy (non-hydrogen) atoms. The highest BCUT2D eigenvalue weighted by molar-refractivity contribution is 5.99. The fraction of sp³-hybridized carbons (Fsp3) is 0.286. The van der Waals surface area contributed by atoms with Crippen LogP contribution < -0.4 is 16.0 Å². The highest BCUT2D eigenvalue weighted by Gasteiger charge is 2.47. The van der Waals surface area contributed by atoms with Gasteiger partial charge in [-0.1, -0.05) is 29.8 Å². The molecule has 0 aromatic heterocycles. The lowest BCUT2D eigenvalue weighted by Crippen LogP contribution is -2.27. The SMILES string of the molecule is CC(=O)Nc1ccc(NC(=O)C2CC2C(=O)NCc2cccc(C)c2)cc1. The lowest BCUT2D eigenvalue weighted by atomic mass is 10.1. The lowest BCUT2D eigenvalue weighted by molar-refractivity contribution is -0.125. The first-order valence-electron chi connectivity index (χ1n) is 8.94. The van der Waals surface area contributed by atoms with Crippen molar-refractivity contribution < 1.29 is 14.4 Å². The molecule has 0 saturated heterocycles. The number of amides is 3. The first-order chi connectivity index (χ1) is 12.9. The molecule has 3 rings (SSSR count). The van der Waals surface area contributed by atoms with Gasteiger partial charge in [0.15, 0.2) is 0 Å². The molecule has 3 amide bonds. The summed E-state index contributed by atoms with van der Waals surface area (Å²) in [6.07, 6.45) is 0.565. The average molecular weight is 365 g/mol. The van der Waals surface area contributed by atoms with Crippen molar-refractivity contribution in [2.75, 3.05) is 10.6 Å². The summed E-state index contributed by atoms with van der Waals surface area (Å²) in [7, 11) is 0. The van der Waals surface area contributed by atoms with Gasteiger partial charge in [-0.2, -0.15) is 0 Å². The number of rotatable bonds is 6. The van der Waals surface area contributed by atoms with E-state index >= 15 is 0 Å². The third kappa shape index (κ3) is 5.17. The quantitative estimate of drug-likeness (QED) is 0.736. The largest absolute Gasteiger partial charge is 0.352 e. The van der Waals surface area contributed by atoms with Crippen LogP contribution in [-0.4, -0.2) is 17.7 Å². The van der Waals surface area contributed by atoms with Crippen LogP contribution in [0.4, 0.5) is 11.4 Å². The minimum atomic E-state index is -0.294. The number of anilines is 2. The number of hydrogen-bond donors (Lipinski definition) is 3. The number of aryl methyl sites for hydroxylation is 1. The highest BCUT2D eigenvalue weighted by Crippen LogP contribution is 2.39. The van der Waals surface area contributed by atoms with Gasteiger partial charge in [0.2, 0.25) is 17.7 Å². The standard InChI is InChI=1S/C21H23N3O3/c1-13-4-3-5-15(10-13)12-22-20(26)18-11-19(18)21(27)24-17-8-6-16(7-9-17)23-14(2)25/h3-10,18-19H,11-12H2,1-2H3,(H,22,26)(H,23,25)(H,24,27). The maximum atomic E-state index is 12.3. The van der Waals surface area contributed by atoms with Crippen molar-refractivity contribution in [2.24, 2.45) is 11.8 Å². The van der Waals surface area contributed by atoms with E-state index in [2.05, 4.69) is 16.0 Å². The van der Waals surface area contributed by atoms with E-state index in [-0.39, 0.29) is 29.6 Å². The Hall–Kier alpha value is -3.15. The zero-order valence-corrected chi connectivity index (χ0v) is 15.4. The van der Waals surface area contributed by atoms with Gasteiger partial charge >= 0.3 is 0 Å².